The number of hydrazone groups is 1. The lowest BCUT2D eigenvalue weighted by molar-refractivity contribution is -0.384. The molecule has 0 aliphatic rings. The van der Waals surface area contributed by atoms with E-state index in [1.807, 2.05) is 18.2 Å². The van der Waals surface area contributed by atoms with Crippen molar-refractivity contribution in [2.45, 2.75) is 13.3 Å². The largest absolute Gasteiger partial charge is 0.466 e. The van der Waals surface area contributed by atoms with Gasteiger partial charge in [0.1, 0.15) is 5.69 Å². The van der Waals surface area contributed by atoms with Crippen LogP contribution in [0.4, 0.5) is 11.4 Å². The van der Waals surface area contributed by atoms with Crippen molar-refractivity contribution in [3.63, 3.8) is 0 Å². The maximum atomic E-state index is 11.8. The number of hydrogen-bond donors (Lipinski definition) is 1. The van der Waals surface area contributed by atoms with Gasteiger partial charge in [0.2, 0.25) is 0 Å². The summed E-state index contributed by atoms with van der Waals surface area (Å²) in [6, 6.07) is 13.7. The molecule has 0 spiro atoms. The van der Waals surface area contributed by atoms with Gasteiger partial charge in [0, 0.05) is 10.5 Å². The Bertz CT molecular complexity index is 794. The summed E-state index contributed by atoms with van der Waals surface area (Å²) in [6.45, 7) is 1.99. The first-order valence-electron chi connectivity index (χ1n) is 7.48. The minimum Gasteiger partial charge on any atom is -0.466 e. The van der Waals surface area contributed by atoms with Gasteiger partial charge in [-0.15, -0.1) is 0 Å². The lowest BCUT2D eigenvalue weighted by Gasteiger charge is -2.08. The first-order valence-corrected chi connectivity index (χ1v) is 8.28. The average Bonchev–Trinajstić information content (AvgIpc) is 2.60. The highest BCUT2D eigenvalue weighted by molar-refractivity contribution is 9.10. The zero-order valence-corrected chi connectivity index (χ0v) is 15.0. The molecule has 0 heterocycles. The van der Waals surface area contributed by atoms with Gasteiger partial charge >= 0.3 is 5.97 Å². The van der Waals surface area contributed by atoms with Crippen molar-refractivity contribution in [3.05, 3.63) is 68.7 Å². The van der Waals surface area contributed by atoms with E-state index in [4.69, 9.17) is 4.74 Å². The van der Waals surface area contributed by atoms with E-state index < -0.39 is 10.9 Å². The van der Waals surface area contributed by atoms with Gasteiger partial charge < -0.3 is 4.74 Å². The number of esters is 1. The Morgan fingerprint density at radius 3 is 2.64 bits per heavy atom. The third-order valence-corrected chi connectivity index (χ3v) is 3.69. The zero-order chi connectivity index (χ0) is 18.2. The lowest BCUT2D eigenvalue weighted by atomic mass is 10.1. The predicted octanol–water partition coefficient (Wildman–Crippen LogP) is 4.13. The van der Waals surface area contributed by atoms with Gasteiger partial charge in [0.25, 0.3) is 5.69 Å². The SMILES string of the molecule is CCOC(=O)C/C(=N/Nc1ccc(Br)cc1[N+](=O)[O-])c1ccccc1. The van der Waals surface area contributed by atoms with Gasteiger partial charge in [-0.2, -0.15) is 5.10 Å². The fraction of sp³-hybridized carbons (Fsp3) is 0.176. The van der Waals surface area contributed by atoms with Gasteiger partial charge in [0.15, 0.2) is 0 Å². The van der Waals surface area contributed by atoms with Crippen LogP contribution in [0.15, 0.2) is 58.1 Å². The summed E-state index contributed by atoms with van der Waals surface area (Å²) in [4.78, 5) is 22.5. The first kappa shape index (κ1) is 18.6. The zero-order valence-electron chi connectivity index (χ0n) is 13.4. The molecule has 130 valence electrons. The molecule has 0 aromatic heterocycles. The summed E-state index contributed by atoms with van der Waals surface area (Å²) in [7, 11) is 0. The van der Waals surface area contributed by atoms with Crippen LogP contribution in [-0.2, 0) is 9.53 Å². The molecule has 0 fully saturated rings. The Hall–Kier alpha value is -2.74. The molecule has 7 nitrogen and oxygen atoms in total. The molecule has 2 rings (SSSR count). The maximum absolute atomic E-state index is 11.8. The summed E-state index contributed by atoms with van der Waals surface area (Å²) in [5.74, 6) is -0.419. The summed E-state index contributed by atoms with van der Waals surface area (Å²) >= 11 is 3.20. The molecule has 0 atom stereocenters. The Morgan fingerprint density at radius 1 is 1.28 bits per heavy atom. The quantitative estimate of drug-likeness (QED) is 0.323. The number of halogens is 1. The number of benzene rings is 2. The molecule has 0 bridgehead atoms. The molecular weight excluding hydrogens is 390 g/mol. The molecule has 0 saturated heterocycles. The molecule has 0 saturated carbocycles. The summed E-state index contributed by atoms with van der Waals surface area (Å²) in [5.41, 5.74) is 3.94. The second-order valence-corrected chi connectivity index (χ2v) is 5.85. The van der Waals surface area contributed by atoms with Crippen molar-refractivity contribution >= 4 is 39.0 Å². The minimum absolute atomic E-state index is 0.0464. The summed E-state index contributed by atoms with van der Waals surface area (Å²) < 4.78 is 5.55. The van der Waals surface area contributed by atoms with Crippen molar-refractivity contribution < 1.29 is 14.5 Å². The Kier molecular flexibility index (Phi) is 6.64. The molecule has 2 aromatic carbocycles. The van der Waals surface area contributed by atoms with Gasteiger partial charge in [-0.25, -0.2) is 0 Å². The number of carbonyl (C=O) groups is 1. The van der Waals surface area contributed by atoms with Crippen molar-refractivity contribution in [1.29, 1.82) is 0 Å². The number of ether oxygens (including phenoxy) is 1. The number of nitrogens with zero attached hydrogens (tertiary/aromatic N) is 2. The highest BCUT2D eigenvalue weighted by Gasteiger charge is 2.15. The maximum Gasteiger partial charge on any atom is 0.311 e. The lowest BCUT2D eigenvalue weighted by Crippen LogP contribution is -2.14. The molecule has 1 N–H and O–H groups in total. The van der Waals surface area contributed by atoms with E-state index in [-0.39, 0.29) is 24.4 Å². The van der Waals surface area contributed by atoms with Gasteiger partial charge in [-0.1, -0.05) is 46.3 Å². The monoisotopic (exact) mass is 405 g/mol. The third-order valence-electron chi connectivity index (χ3n) is 3.19. The number of carbonyl (C=O) groups excluding carboxylic acids is 1. The smallest absolute Gasteiger partial charge is 0.311 e. The summed E-state index contributed by atoms with van der Waals surface area (Å²) in [6.07, 6.45) is -0.0464. The molecule has 0 aliphatic heterocycles. The third kappa shape index (κ3) is 5.39. The number of nitro benzene ring substituents is 1. The number of hydrogen-bond acceptors (Lipinski definition) is 6. The van der Waals surface area contributed by atoms with Crippen LogP contribution in [0.25, 0.3) is 0 Å². The Balaban J connectivity index is 2.32. The molecule has 0 aliphatic carbocycles. The second kappa shape index (κ2) is 8.93. The molecule has 25 heavy (non-hydrogen) atoms. The average molecular weight is 406 g/mol. The number of nitrogens with one attached hydrogen (secondary N) is 1. The van der Waals surface area contributed by atoms with Crippen LogP contribution in [0.5, 0.6) is 0 Å². The molecular formula is C17H16BrN3O4. The Morgan fingerprint density at radius 2 is 2.00 bits per heavy atom. The molecule has 8 heteroatoms. The van der Waals surface area contributed by atoms with Gasteiger partial charge in [-0.05, 0) is 24.6 Å². The standard InChI is InChI=1S/C17H16BrN3O4/c1-2-25-17(22)11-15(12-6-4-3-5-7-12)20-19-14-9-8-13(18)10-16(14)21(23)24/h3-10,19H,2,11H2,1H3/b20-15-. The van der Waals surface area contributed by atoms with Gasteiger partial charge in [-0.3, -0.25) is 20.3 Å². The van der Waals surface area contributed by atoms with E-state index in [0.29, 0.717) is 10.2 Å². The van der Waals surface area contributed by atoms with Crippen LogP contribution in [-0.4, -0.2) is 23.2 Å². The van der Waals surface area contributed by atoms with E-state index in [1.54, 1.807) is 31.2 Å². The van der Waals surface area contributed by atoms with Crippen LogP contribution in [0.3, 0.4) is 0 Å². The van der Waals surface area contributed by atoms with Crippen LogP contribution >= 0.6 is 15.9 Å². The molecule has 0 unspecified atom stereocenters. The van der Waals surface area contributed by atoms with Gasteiger partial charge in [0.05, 0.1) is 23.7 Å². The Labute approximate surface area is 153 Å². The van der Waals surface area contributed by atoms with Crippen LogP contribution < -0.4 is 5.43 Å². The van der Waals surface area contributed by atoms with E-state index in [1.165, 1.54) is 6.07 Å². The highest BCUT2D eigenvalue weighted by Crippen LogP contribution is 2.28. The topological polar surface area (TPSA) is 93.8 Å². The van der Waals surface area contributed by atoms with Crippen LogP contribution in [0, 0.1) is 10.1 Å². The fourth-order valence-corrected chi connectivity index (χ4v) is 2.41. The predicted molar refractivity (Wildman–Crippen MR) is 98.6 cm³/mol. The number of anilines is 1. The number of nitro groups is 1. The van der Waals surface area contributed by atoms with Crippen LogP contribution in [0.1, 0.15) is 18.9 Å². The van der Waals surface area contributed by atoms with E-state index in [9.17, 15) is 14.9 Å². The van der Waals surface area contributed by atoms with Crippen molar-refractivity contribution in [2.75, 3.05) is 12.0 Å². The fourth-order valence-electron chi connectivity index (χ4n) is 2.06. The minimum atomic E-state index is -0.504. The van der Waals surface area contributed by atoms with Crippen LogP contribution in [0.2, 0.25) is 0 Å². The normalized spacial score (nSPS) is 11.0. The summed E-state index contributed by atoms with van der Waals surface area (Å²) in [5, 5.41) is 15.4. The molecule has 2 aromatic rings. The first-order chi connectivity index (χ1) is 12.0. The highest BCUT2D eigenvalue weighted by atomic mass is 79.9. The van der Waals surface area contributed by atoms with E-state index in [0.717, 1.165) is 5.56 Å². The second-order valence-electron chi connectivity index (χ2n) is 4.94. The van der Waals surface area contributed by atoms with E-state index >= 15 is 0 Å². The van der Waals surface area contributed by atoms with Crippen molar-refractivity contribution in [1.82, 2.24) is 0 Å². The van der Waals surface area contributed by atoms with Crippen molar-refractivity contribution in [2.24, 2.45) is 5.10 Å². The molecule has 0 radical (unpaired) electrons. The van der Waals surface area contributed by atoms with E-state index in [2.05, 4.69) is 26.5 Å². The molecule has 0 amide bonds. The number of rotatable bonds is 7. The van der Waals surface area contributed by atoms with Crippen molar-refractivity contribution in [3.8, 4) is 0 Å².